The number of aliphatic hydroxyl groups is 2. The molecule has 0 aromatic heterocycles. The second-order valence-corrected chi connectivity index (χ2v) is 14.8. The van der Waals surface area contributed by atoms with Crippen molar-refractivity contribution >= 4 is 0 Å². The highest BCUT2D eigenvalue weighted by atomic mass is 16.3. The van der Waals surface area contributed by atoms with Crippen LogP contribution in [-0.2, 0) is 0 Å². The minimum atomic E-state index is -0.602. The van der Waals surface area contributed by atoms with E-state index in [2.05, 4.69) is 61.5 Å². The van der Waals surface area contributed by atoms with Crippen molar-refractivity contribution in [3.8, 4) is 0 Å². The van der Waals surface area contributed by atoms with Crippen LogP contribution in [0.2, 0.25) is 0 Å². The molecule has 5 rings (SSSR count). The van der Waals surface area contributed by atoms with Gasteiger partial charge >= 0.3 is 0 Å². The highest BCUT2D eigenvalue weighted by Crippen LogP contribution is 2.75. The quantitative estimate of drug-likeness (QED) is 0.397. The fourth-order valence-electron chi connectivity index (χ4n) is 11.0. The maximum absolute atomic E-state index is 11.0. The molecule has 11 atom stereocenters. The van der Waals surface area contributed by atoms with Gasteiger partial charge in [-0.1, -0.05) is 67.0 Å². The summed E-state index contributed by atoms with van der Waals surface area (Å²) in [6, 6.07) is 0. The van der Waals surface area contributed by atoms with E-state index in [1.165, 1.54) is 44.9 Å². The van der Waals surface area contributed by atoms with Crippen LogP contribution in [0.1, 0.15) is 107 Å². The summed E-state index contributed by atoms with van der Waals surface area (Å²) < 4.78 is 0. The number of hydrogen-bond donors (Lipinski definition) is 2. The van der Waals surface area contributed by atoms with Crippen LogP contribution in [0.4, 0.5) is 0 Å². The Morgan fingerprint density at radius 3 is 2.22 bits per heavy atom. The van der Waals surface area contributed by atoms with Gasteiger partial charge in [0, 0.05) is 0 Å². The van der Waals surface area contributed by atoms with E-state index in [9.17, 15) is 10.2 Å². The Balaban J connectivity index is 1.60. The van der Waals surface area contributed by atoms with Gasteiger partial charge < -0.3 is 10.2 Å². The Hall–Kier alpha value is -0.340. The van der Waals surface area contributed by atoms with E-state index in [4.69, 9.17) is 0 Å². The lowest BCUT2D eigenvalue weighted by Crippen LogP contribution is -2.66. The van der Waals surface area contributed by atoms with Crippen molar-refractivity contribution in [2.45, 2.75) is 119 Å². The number of hydrogen-bond acceptors (Lipinski definition) is 2. The fraction of sp³-hybridized carbons (Fsp3) is 0.933. The molecule has 2 unspecified atom stereocenters. The molecule has 2 heteroatoms. The molecule has 4 fully saturated rings. The minimum absolute atomic E-state index is 0.0897. The van der Waals surface area contributed by atoms with Crippen molar-refractivity contribution < 1.29 is 10.2 Å². The van der Waals surface area contributed by atoms with Crippen molar-refractivity contribution in [2.24, 2.45) is 56.7 Å². The van der Waals surface area contributed by atoms with Crippen LogP contribution in [0.25, 0.3) is 0 Å². The van der Waals surface area contributed by atoms with E-state index >= 15 is 0 Å². The molecule has 2 N–H and O–H groups in total. The Labute approximate surface area is 197 Å². The zero-order valence-corrected chi connectivity index (χ0v) is 22.2. The average molecular weight is 443 g/mol. The molecule has 182 valence electrons. The van der Waals surface area contributed by atoms with Gasteiger partial charge in [0.15, 0.2) is 0 Å². The summed E-state index contributed by atoms with van der Waals surface area (Å²) in [7, 11) is 0. The van der Waals surface area contributed by atoms with E-state index in [0.717, 1.165) is 24.2 Å². The summed E-state index contributed by atoms with van der Waals surface area (Å²) in [6.45, 7) is 19.8. The molecule has 32 heavy (non-hydrogen) atoms. The van der Waals surface area contributed by atoms with Crippen molar-refractivity contribution in [3.63, 3.8) is 0 Å². The zero-order chi connectivity index (χ0) is 23.5. The van der Waals surface area contributed by atoms with Crippen LogP contribution in [-0.4, -0.2) is 22.4 Å². The van der Waals surface area contributed by atoms with Gasteiger partial charge in [-0.25, -0.2) is 0 Å². The zero-order valence-electron chi connectivity index (χ0n) is 22.2. The largest absolute Gasteiger partial charge is 0.390 e. The molecule has 0 heterocycles. The first-order valence-corrected chi connectivity index (χ1v) is 13.8. The van der Waals surface area contributed by atoms with Crippen LogP contribution in [0.3, 0.4) is 0 Å². The van der Waals surface area contributed by atoms with Crippen LogP contribution in [0.5, 0.6) is 0 Å². The molecule has 5 aliphatic carbocycles. The average Bonchev–Trinajstić information content (AvgIpc) is 2.70. The molecule has 5 aliphatic rings. The normalized spacial score (nSPS) is 59.2. The third-order valence-corrected chi connectivity index (χ3v) is 13.3. The lowest BCUT2D eigenvalue weighted by atomic mass is 9.33. The van der Waals surface area contributed by atoms with Crippen LogP contribution >= 0.6 is 0 Å². The second-order valence-electron chi connectivity index (χ2n) is 14.8. The summed E-state index contributed by atoms with van der Waals surface area (Å²) in [5.41, 5.74) is 2.71. The summed E-state index contributed by atoms with van der Waals surface area (Å²) in [4.78, 5) is 0. The Bertz CT molecular complexity index is 814. The van der Waals surface area contributed by atoms with Crippen molar-refractivity contribution in [3.05, 3.63) is 11.6 Å². The Kier molecular flexibility index (Phi) is 5.02. The van der Waals surface area contributed by atoms with Crippen molar-refractivity contribution in [1.29, 1.82) is 0 Å². The number of aliphatic hydroxyl groups excluding tert-OH is 2. The van der Waals surface area contributed by atoms with Gasteiger partial charge in [0.05, 0.1) is 12.2 Å². The maximum atomic E-state index is 11.0. The van der Waals surface area contributed by atoms with Gasteiger partial charge in [0.25, 0.3) is 0 Å². The van der Waals surface area contributed by atoms with Gasteiger partial charge in [0.1, 0.15) is 0 Å². The second kappa shape index (κ2) is 6.87. The van der Waals surface area contributed by atoms with E-state index in [1.54, 1.807) is 0 Å². The highest BCUT2D eigenvalue weighted by Gasteiger charge is 2.68. The first-order chi connectivity index (χ1) is 14.7. The third-order valence-electron chi connectivity index (χ3n) is 13.3. The lowest BCUT2D eigenvalue weighted by molar-refractivity contribution is -0.231. The molecule has 0 saturated heterocycles. The molecule has 0 bridgehead atoms. The molecular formula is C30H50O2. The number of fused-ring (bicyclic) bond motifs is 7. The monoisotopic (exact) mass is 442 g/mol. The van der Waals surface area contributed by atoms with Crippen LogP contribution in [0, 0.1) is 56.7 Å². The van der Waals surface area contributed by atoms with Gasteiger partial charge in [-0.3, -0.25) is 0 Å². The minimum Gasteiger partial charge on any atom is -0.390 e. The van der Waals surface area contributed by atoms with E-state index < -0.39 is 12.2 Å². The highest BCUT2D eigenvalue weighted by molar-refractivity contribution is 5.34. The standard InChI is InChI=1S/C30H50O2/c1-18-11-13-27(5)15-16-29(7)20(24(27)19(18)2)9-10-23-28(6)17-21(31)25(32)26(3,4)22(28)12-14-30(23,29)8/h9,18-19,21-25,31-32H,10-17H2,1-8H3/t18-,19+,21-,22?,23?,24+,25-,27-,28+,29-,30-/m1/s1. The maximum Gasteiger partial charge on any atom is 0.0852 e. The third kappa shape index (κ3) is 2.66. The van der Waals surface area contributed by atoms with Gasteiger partial charge in [-0.05, 0) is 108 Å². The molecule has 2 nitrogen and oxygen atoms in total. The number of rotatable bonds is 0. The molecule has 0 aromatic carbocycles. The number of allylic oxidation sites excluding steroid dienone is 2. The van der Waals surface area contributed by atoms with Crippen LogP contribution < -0.4 is 0 Å². The Morgan fingerprint density at radius 1 is 0.844 bits per heavy atom. The molecule has 0 aliphatic heterocycles. The molecule has 0 aromatic rings. The predicted molar refractivity (Wildman–Crippen MR) is 132 cm³/mol. The van der Waals surface area contributed by atoms with E-state index in [0.29, 0.717) is 17.3 Å². The first kappa shape index (κ1) is 23.4. The molecule has 0 spiro atoms. The fourth-order valence-corrected chi connectivity index (χ4v) is 11.0. The van der Waals surface area contributed by atoms with E-state index in [1.807, 2.05) is 5.57 Å². The lowest BCUT2D eigenvalue weighted by Gasteiger charge is -2.71. The van der Waals surface area contributed by atoms with Crippen molar-refractivity contribution in [2.75, 3.05) is 0 Å². The summed E-state index contributed by atoms with van der Waals surface area (Å²) in [5.74, 6) is 3.41. The SMILES string of the molecule is C[C@H]1[C@H](C)CC[C@]2(C)CC[C@]3(C)C(=CCC4[C@@]5(C)C[C@@H](O)[C@@H](O)C(C)(C)C5CC[C@]43C)[C@H]12. The molecule has 0 radical (unpaired) electrons. The molecule has 4 saturated carbocycles. The van der Waals surface area contributed by atoms with Gasteiger partial charge in [-0.15, -0.1) is 0 Å². The van der Waals surface area contributed by atoms with Gasteiger partial charge in [-0.2, -0.15) is 0 Å². The first-order valence-electron chi connectivity index (χ1n) is 13.8. The summed E-state index contributed by atoms with van der Waals surface area (Å²) >= 11 is 0. The van der Waals surface area contributed by atoms with Crippen molar-refractivity contribution in [1.82, 2.24) is 0 Å². The van der Waals surface area contributed by atoms with Crippen LogP contribution in [0.15, 0.2) is 11.6 Å². The van der Waals surface area contributed by atoms with Gasteiger partial charge in [0.2, 0.25) is 0 Å². The van der Waals surface area contributed by atoms with E-state index in [-0.39, 0.29) is 21.7 Å². The predicted octanol–water partition coefficient (Wildman–Crippen LogP) is 7.00. The summed E-state index contributed by atoms with van der Waals surface area (Å²) in [5, 5.41) is 21.9. The molecule has 0 amide bonds. The topological polar surface area (TPSA) is 40.5 Å². The summed E-state index contributed by atoms with van der Waals surface area (Å²) in [6.07, 6.45) is 11.4. The Morgan fingerprint density at radius 2 is 1.53 bits per heavy atom. The molecular weight excluding hydrogens is 392 g/mol. The smallest absolute Gasteiger partial charge is 0.0852 e.